The summed E-state index contributed by atoms with van der Waals surface area (Å²) >= 11 is 1.56. The van der Waals surface area contributed by atoms with Gasteiger partial charge in [-0.3, -0.25) is 4.79 Å². The van der Waals surface area contributed by atoms with Gasteiger partial charge in [-0.25, -0.2) is 0 Å². The molecule has 0 atom stereocenters. The van der Waals surface area contributed by atoms with Gasteiger partial charge in [-0.05, 0) is 32.0 Å². The summed E-state index contributed by atoms with van der Waals surface area (Å²) < 4.78 is 5.53. The van der Waals surface area contributed by atoms with Gasteiger partial charge >= 0.3 is 0 Å². The number of carbonyl (C=O) groups is 1. The van der Waals surface area contributed by atoms with E-state index in [1.165, 1.54) is 0 Å². The molecule has 1 aromatic carbocycles. The minimum atomic E-state index is 0.0596. The highest BCUT2D eigenvalue weighted by atomic mass is 32.2. The van der Waals surface area contributed by atoms with E-state index in [0.717, 1.165) is 17.1 Å². The quantitative estimate of drug-likeness (QED) is 0.743. The molecule has 0 aliphatic carbocycles. The number of benzene rings is 1. The summed E-state index contributed by atoms with van der Waals surface area (Å²) in [7, 11) is 0. The van der Waals surface area contributed by atoms with E-state index in [0.29, 0.717) is 24.6 Å². The number of hydrogen-bond acceptors (Lipinski definition) is 4. The van der Waals surface area contributed by atoms with Gasteiger partial charge in [0.1, 0.15) is 5.75 Å². The Kier molecular flexibility index (Phi) is 6.43. The maximum Gasteiger partial charge on any atom is 0.229 e. The molecule has 0 bridgehead atoms. The lowest BCUT2D eigenvalue weighted by molar-refractivity contribution is -0.118. The fourth-order valence-corrected chi connectivity index (χ4v) is 2.35. The monoisotopic (exact) mass is 268 g/mol. The standard InChI is InChI=1S/C13H20N2O2S/c1-3-15-13(16)9-18-8-10-7-11(14)5-6-12(10)17-4-2/h5-7H,3-4,8-9,14H2,1-2H3,(H,15,16). The summed E-state index contributed by atoms with van der Waals surface area (Å²) in [5.74, 6) is 2.07. The van der Waals surface area contributed by atoms with Crippen LogP contribution < -0.4 is 15.8 Å². The fourth-order valence-electron chi connectivity index (χ4n) is 1.51. The molecule has 3 N–H and O–H groups in total. The molecular formula is C13H20N2O2S. The third kappa shape index (κ3) is 4.87. The molecule has 0 unspecified atom stereocenters. The maximum atomic E-state index is 11.3. The van der Waals surface area contributed by atoms with E-state index in [2.05, 4.69) is 5.32 Å². The smallest absolute Gasteiger partial charge is 0.229 e. The lowest BCUT2D eigenvalue weighted by Crippen LogP contribution is -2.24. The Morgan fingerprint density at radius 1 is 1.44 bits per heavy atom. The first kappa shape index (κ1) is 14.7. The van der Waals surface area contributed by atoms with Crippen LogP contribution in [0.15, 0.2) is 18.2 Å². The van der Waals surface area contributed by atoms with Gasteiger partial charge in [0.15, 0.2) is 0 Å². The van der Waals surface area contributed by atoms with Crippen molar-refractivity contribution in [1.82, 2.24) is 5.32 Å². The molecule has 0 saturated carbocycles. The van der Waals surface area contributed by atoms with Crippen LogP contribution >= 0.6 is 11.8 Å². The highest BCUT2D eigenvalue weighted by Gasteiger charge is 2.06. The Morgan fingerprint density at radius 3 is 2.89 bits per heavy atom. The second-order valence-corrected chi connectivity index (χ2v) is 4.73. The minimum Gasteiger partial charge on any atom is -0.494 e. The number of anilines is 1. The molecule has 100 valence electrons. The van der Waals surface area contributed by atoms with E-state index in [1.807, 2.05) is 32.0 Å². The molecule has 0 heterocycles. The molecule has 0 saturated heterocycles. The van der Waals surface area contributed by atoms with Crippen LogP contribution in [-0.2, 0) is 10.5 Å². The molecule has 5 heteroatoms. The van der Waals surface area contributed by atoms with Crippen LogP contribution in [0.5, 0.6) is 5.75 Å². The molecule has 4 nitrogen and oxygen atoms in total. The first-order chi connectivity index (χ1) is 8.67. The number of nitrogen functional groups attached to an aromatic ring is 1. The van der Waals surface area contributed by atoms with Gasteiger partial charge < -0.3 is 15.8 Å². The zero-order chi connectivity index (χ0) is 13.4. The van der Waals surface area contributed by atoms with E-state index in [1.54, 1.807) is 11.8 Å². The molecule has 0 radical (unpaired) electrons. The normalized spacial score (nSPS) is 10.1. The number of amides is 1. The van der Waals surface area contributed by atoms with Crippen molar-refractivity contribution in [3.63, 3.8) is 0 Å². The van der Waals surface area contributed by atoms with E-state index < -0.39 is 0 Å². The Balaban J connectivity index is 2.54. The average molecular weight is 268 g/mol. The summed E-state index contributed by atoms with van der Waals surface area (Å²) in [5.41, 5.74) is 7.51. The highest BCUT2D eigenvalue weighted by Crippen LogP contribution is 2.25. The van der Waals surface area contributed by atoms with E-state index in [-0.39, 0.29) is 5.91 Å². The molecular weight excluding hydrogens is 248 g/mol. The van der Waals surface area contributed by atoms with Crippen LogP contribution in [0.1, 0.15) is 19.4 Å². The van der Waals surface area contributed by atoms with Crippen molar-refractivity contribution in [3.8, 4) is 5.75 Å². The Morgan fingerprint density at radius 2 is 2.22 bits per heavy atom. The highest BCUT2D eigenvalue weighted by molar-refractivity contribution is 7.99. The number of carbonyl (C=O) groups excluding carboxylic acids is 1. The van der Waals surface area contributed by atoms with Crippen molar-refractivity contribution in [2.24, 2.45) is 0 Å². The Labute approximate surface area is 112 Å². The summed E-state index contributed by atoms with van der Waals surface area (Å²) in [5, 5.41) is 2.77. The SMILES string of the molecule is CCNC(=O)CSCc1cc(N)ccc1OCC. The average Bonchev–Trinajstić information content (AvgIpc) is 2.33. The number of hydrogen-bond donors (Lipinski definition) is 2. The number of ether oxygens (including phenoxy) is 1. The number of thioether (sulfide) groups is 1. The van der Waals surface area contributed by atoms with Crippen LogP contribution in [-0.4, -0.2) is 24.8 Å². The van der Waals surface area contributed by atoms with E-state index >= 15 is 0 Å². The lowest BCUT2D eigenvalue weighted by atomic mass is 10.2. The summed E-state index contributed by atoms with van der Waals surface area (Å²) in [6.45, 7) is 5.15. The van der Waals surface area contributed by atoms with E-state index in [4.69, 9.17) is 10.5 Å². The van der Waals surface area contributed by atoms with Crippen LogP contribution in [0.25, 0.3) is 0 Å². The topological polar surface area (TPSA) is 64.4 Å². The molecule has 0 aliphatic rings. The zero-order valence-corrected chi connectivity index (χ0v) is 11.7. The van der Waals surface area contributed by atoms with Crippen LogP contribution in [0.2, 0.25) is 0 Å². The summed E-state index contributed by atoms with van der Waals surface area (Å²) in [6.07, 6.45) is 0. The zero-order valence-electron chi connectivity index (χ0n) is 10.9. The van der Waals surface area contributed by atoms with Crippen LogP contribution in [0.4, 0.5) is 5.69 Å². The molecule has 1 rings (SSSR count). The van der Waals surface area contributed by atoms with Gasteiger partial charge in [0.05, 0.1) is 12.4 Å². The largest absolute Gasteiger partial charge is 0.494 e. The number of nitrogens with one attached hydrogen (secondary N) is 1. The van der Waals surface area contributed by atoms with Crippen LogP contribution in [0, 0.1) is 0 Å². The number of nitrogens with two attached hydrogens (primary N) is 1. The Hall–Kier alpha value is -1.36. The molecule has 18 heavy (non-hydrogen) atoms. The van der Waals surface area contributed by atoms with Gasteiger partial charge in [-0.1, -0.05) is 0 Å². The molecule has 0 aromatic heterocycles. The van der Waals surface area contributed by atoms with Gasteiger partial charge in [-0.15, -0.1) is 11.8 Å². The minimum absolute atomic E-state index is 0.0596. The van der Waals surface area contributed by atoms with E-state index in [9.17, 15) is 4.79 Å². The molecule has 1 aromatic rings. The third-order valence-corrected chi connectivity index (χ3v) is 3.23. The van der Waals surface area contributed by atoms with Crippen molar-refractivity contribution in [3.05, 3.63) is 23.8 Å². The lowest BCUT2D eigenvalue weighted by Gasteiger charge is -2.10. The molecule has 1 amide bonds. The van der Waals surface area contributed by atoms with Gasteiger partial charge in [-0.2, -0.15) is 0 Å². The molecule has 0 aliphatic heterocycles. The van der Waals surface area contributed by atoms with Crippen molar-refractivity contribution < 1.29 is 9.53 Å². The van der Waals surface area contributed by atoms with Gasteiger partial charge in [0.2, 0.25) is 5.91 Å². The van der Waals surface area contributed by atoms with Crippen molar-refractivity contribution >= 4 is 23.4 Å². The van der Waals surface area contributed by atoms with Crippen molar-refractivity contribution in [2.45, 2.75) is 19.6 Å². The Bertz CT molecular complexity index is 397. The fraction of sp³-hybridized carbons (Fsp3) is 0.462. The predicted octanol–water partition coefficient (Wildman–Crippen LogP) is 2.04. The van der Waals surface area contributed by atoms with Crippen molar-refractivity contribution in [2.75, 3.05) is 24.6 Å². The summed E-state index contributed by atoms with van der Waals surface area (Å²) in [6, 6.07) is 5.60. The summed E-state index contributed by atoms with van der Waals surface area (Å²) in [4.78, 5) is 11.3. The second-order valence-electron chi connectivity index (χ2n) is 3.75. The maximum absolute atomic E-state index is 11.3. The predicted molar refractivity (Wildman–Crippen MR) is 76.9 cm³/mol. The molecule has 0 fully saturated rings. The first-order valence-electron chi connectivity index (χ1n) is 6.03. The third-order valence-electron chi connectivity index (χ3n) is 2.25. The second kappa shape index (κ2) is 7.87. The van der Waals surface area contributed by atoms with Gasteiger partial charge in [0, 0.05) is 23.5 Å². The van der Waals surface area contributed by atoms with Crippen molar-refractivity contribution in [1.29, 1.82) is 0 Å². The number of rotatable bonds is 7. The molecule has 0 spiro atoms. The first-order valence-corrected chi connectivity index (χ1v) is 7.18. The van der Waals surface area contributed by atoms with Gasteiger partial charge in [0.25, 0.3) is 0 Å². The van der Waals surface area contributed by atoms with Crippen LogP contribution in [0.3, 0.4) is 0 Å².